The molecule has 0 radical (unpaired) electrons. The Morgan fingerprint density at radius 2 is 1.83 bits per heavy atom. The quantitative estimate of drug-likeness (QED) is 0.375. The van der Waals surface area contributed by atoms with E-state index in [9.17, 15) is 23.1 Å². The summed E-state index contributed by atoms with van der Waals surface area (Å²) < 4.78 is 43.6. The number of carbonyl (C=O) groups excluding carboxylic acids is 1. The van der Waals surface area contributed by atoms with Gasteiger partial charge in [-0.05, 0) is 63.5 Å². The molecule has 2 atom stereocenters. The van der Waals surface area contributed by atoms with Crippen LogP contribution in [0.3, 0.4) is 0 Å². The number of hydrogen-bond acceptors (Lipinski definition) is 7. The number of aromatic nitrogens is 4. The number of primary amides is 1. The highest BCUT2D eigenvalue weighted by Gasteiger charge is 2.30. The van der Waals surface area contributed by atoms with Crippen molar-refractivity contribution in [3.05, 3.63) is 35.8 Å². The Morgan fingerprint density at radius 3 is 2.56 bits per heavy atom. The van der Waals surface area contributed by atoms with Gasteiger partial charge in [0.1, 0.15) is 5.52 Å². The van der Waals surface area contributed by atoms with E-state index in [1.807, 2.05) is 0 Å². The molecule has 1 aromatic carbocycles. The molecule has 2 heterocycles. The third-order valence-electron chi connectivity index (χ3n) is 7.16. The Morgan fingerprint density at radius 1 is 1.06 bits per heavy atom. The largest absolute Gasteiger partial charge is 0.393 e. The predicted molar refractivity (Wildman–Crippen MR) is 127 cm³/mol. The third-order valence-corrected chi connectivity index (χ3v) is 7.16. The van der Waals surface area contributed by atoms with Gasteiger partial charge in [0.05, 0.1) is 18.0 Å². The number of hydrogen-bond donors (Lipinski definition) is 4. The highest BCUT2D eigenvalue weighted by molar-refractivity contribution is 5.78. The first-order valence-corrected chi connectivity index (χ1v) is 12.2. The maximum absolute atomic E-state index is 14.4. The van der Waals surface area contributed by atoms with E-state index in [4.69, 9.17) is 5.73 Å². The van der Waals surface area contributed by atoms with Crippen molar-refractivity contribution >= 4 is 34.7 Å². The summed E-state index contributed by atoms with van der Waals surface area (Å²) in [5, 5.41) is 16.1. The zero-order valence-electron chi connectivity index (χ0n) is 19.6. The number of halogens is 3. The number of anilines is 3. The van der Waals surface area contributed by atoms with Crippen LogP contribution in [0.2, 0.25) is 0 Å². The van der Waals surface area contributed by atoms with E-state index in [1.54, 1.807) is 10.8 Å². The SMILES string of the molecule is NC(=O)[C@H]1CC[C@H](n2c(Nc3ccc(F)c(F)c3F)nc3cnc(N[C@@H]4CCC[C@H](O)C4)nc32)CC1. The van der Waals surface area contributed by atoms with E-state index in [2.05, 4.69) is 25.6 Å². The molecule has 2 aromatic heterocycles. The molecule has 12 heteroatoms. The zero-order chi connectivity index (χ0) is 25.4. The lowest BCUT2D eigenvalue weighted by Crippen LogP contribution is -2.30. The van der Waals surface area contributed by atoms with E-state index in [0.717, 1.165) is 31.4 Å². The van der Waals surface area contributed by atoms with Gasteiger partial charge in [0, 0.05) is 18.0 Å². The summed E-state index contributed by atoms with van der Waals surface area (Å²) in [7, 11) is 0. The summed E-state index contributed by atoms with van der Waals surface area (Å²) in [4.78, 5) is 25.2. The van der Waals surface area contributed by atoms with Crippen molar-refractivity contribution in [1.82, 2.24) is 19.5 Å². The average Bonchev–Trinajstić information content (AvgIpc) is 3.21. The van der Waals surface area contributed by atoms with Crippen molar-refractivity contribution in [3.63, 3.8) is 0 Å². The van der Waals surface area contributed by atoms with E-state index in [1.165, 1.54) is 0 Å². The van der Waals surface area contributed by atoms with Crippen LogP contribution in [0.4, 0.5) is 30.8 Å². The lowest BCUT2D eigenvalue weighted by atomic mass is 9.85. The van der Waals surface area contributed by atoms with Gasteiger partial charge in [0.15, 0.2) is 23.1 Å². The third kappa shape index (κ3) is 4.81. The average molecular weight is 504 g/mol. The fourth-order valence-corrected chi connectivity index (χ4v) is 5.23. The molecule has 1 amide bonds. The summed E-state index contributed by atoms with van der Waals surface area (Å²) >= 11 is 0. The van der Waals surface area contributed by atoms with Crippen LogP contribution in [0, 0.1) is 23.4 Å². The van der Waals surface area contributed by atoms with Crippen molar-refractivity contribution < 1.29 is 23.1 Å². The molecule has 2 saturated carbocycles. The molecule has 0 aliphatic heterocycles. The normalized spacial score (nSPS) is 24.6. The molecule has 9 nitrogen and oxygen atoms in total. The van der Waals surface area contributed by atoms with Gasteiger partial charge in [-0.1, -0.05) is 0 Å². The zero-order valence-corrected chi connectivity index (χ0v) is 19.6. The van der Waals surface area contributed by atoms with Crippen molar-refractivity contribution in [1.29, 1.82) is 0 Å². The first-order valence-electron chi connectivity index (χ1n) is 12.2. The molecule has 0 saturated heterocycles. The van der Waals surface area contributed by atoms with Crippen LogP contribution < -0.4 is 16.4 Å². The highest BCUT2D eigenvalue weighted by Crippen LogP contribution is 2.37. The number of rotatable bonds is 6. The number of imidazole rings is 1. The van der Waals surface area contributed by atoms with Gasteiger partial charge in [-0.25, -0.2) is 23.1 Å². The van der Waals surface area contributed by atoms with Crippen molar-refractivity contribution in [2.45, 2.75) is 69.6 Å². The smallest absolute Gasteiger partial charge is 0.224 e. The summed E-state index contributed by atoms with van der Waals surface area (Å²) in [6, 6.07) is 1.84. The number of nitrogens with one attached hydrogen (secondary N) is 2. The number of nitrogens with zero attached hydrogens (tertiary/aromatic N) is 4. The van der Waals surface area contributed by atoms with Gasteiger partial charge in [-0.3, -0.25) is 9.36 Å². The molecule has 5 rings (SSSR count). The molecule has 192 valence electrons. The predicted octanol–water partition coefficient (Wildman–Crippen LogP) is 3.92. The maximum atomic E-state index is 14.4. The van der Waals surface area contributed by atoms with Crippen molar-refractivity contribution in [3.8, 4) is 0 Å². The molecular weight excluding hydrogens is 475 g/mol. The second kappa shape index (κ2) is 9.92. The van der Waals surface area contributed by atoms with Crippen LogP contribution in [0.5, 0.6) is 0 Å². The van der Waals surface area contributed by atoms with Crippen molar-refractivity contribution in [2.24, 2.45) is 11.7 Å². The minimum Gasteiger partial charge on any atom is -0.393 e. The Bertz CT molecular complexity index is 1280. The van der Waals surface area contributed by atoms with Gasteiger partial charge in [0.2, 0.25) is 17.8 Å². The molecular formula is C24H28F3N7O2. The van der Waals surface area contributed by atoms with Gasteiger partial charge >= 0.3 is 0 Å². The second-order valence-electron chi connectivity index (χ2n) is 9.63. The lowest BCUT2D eigenvalue weighted by Gasteiger charge is -2.29. The summed E-state index contributed by atoms with van der Waals surface area (Å²) in [6.45, 7) is 0. The topological polar surface area (TPSA) is 131 Å². The van der Waals surface area contributed by atoms with Gasteiger partial charge in [-0.15, -0.1) is 0 Å². The Hall–Kier alpha value is -3.41. The molecule has 0 bridgehead atoms. The number of carbonyl (C=O) groups is 1. The van der Waals surface area contributed by atoms with E-state index in [-0.39, 0.29) is 41.6 Å². The Kier molecular flexibility index (Phi) is 6.69. The summed E-state index contributed by atoms with van der Waals surface area (Å²) in [5.74, 6) is -4.20. The fourth-order valence-electron chi connectivity index (χ4n) is 5.23. The molecule has 5 N–H and O–H groups in total. The molecule has 2 aliphatic rings. The van der Waals surface area contributed by atoms with Crippen molar-refractivity contribution in [2.75, 3.05) is 10.6 Å². The van der Waals surface area contributed by atoms with Crippen LogP contribution in [0.25, 0.3) is 11.2 Å². The van der Waals surface area contributed by atoms with Crippen LogP contribution in [0.15, 0.2) is 18.3 Å². The first-order chi connectivity index (χ1) is 17.3. The highest BCUT2D eigenvalue weighted by atomic mass is 19.2. The molecule has 2 fully saturated rings. The van der Waals surface area contributed by atoms with Gasteiger partial charge in [0.25, 0.3) is 0 Å². The van der Waals surface area contributed by atoms with Gasteiger partial charge < -0.3 is 21.5 Å². The van der Waals surface area contributed by atoms with E-state index in [0.29, 0.717) is 49.2 Å². The van der Waals surface area contributed by atoms with Crippen LogP contribution in [-0.4, -0.2) is 42.7 Å². The number of amides is 1. The lowest BCUT2D eigenvalue weighted by molar-refractivity contribution is -0.122. The van der Waals surface area contributed by atoms with Gasteiger partial charge in [-0.2, -0.15) is 4.98 Å². The fraction of sp³-hybridized carbons (Fsp3) is 0.500. The molecule has 3 aromatic rings. The Balaban J connectivity index is 1.51. The molecule has 0 spiro atoms. The summed E-state index contributed by atoms with van der Waals surface area (Å²) in [5.41, 5.74) is 6.15. The summed E-state index contributed by atoms with van der Waals surface area (Å²) in [6.07, 6.45) is 6.70. The monoisotopic (exact) mass is 503 g/mol. The maximum Gasteiger partial charge on any atom is 0.224 e. The minimum atomic E-state index is -1.58. The Labute approximate surface area is 205 Å². The standard InChI is InChI=1S/C24H28F3N7O2/c25-16-8-9-17(20(27)19(16)26)31-24-32-18-11-29-23(30-13-2-1-3-15(35)10-13)33-22(18)34(24)14-6-4-12(5-7-14)21(28)36/h8-9,11-15,35H,1-7,10H2,(H2,28,36)(H,31,32)(H,29,30,33)/t12-,13-,14-,15+/m1/s1. The molecule has 36 heavy (non-hydrogen) atoms. The van der Waals surface area contributed by atoms with E-state index < -0.39 is 17.5 Å². The molecule has 2 aliphatic carbocycles. The second-order valence-corrected chi connectivity index (χ2v) is 9.63. The number of benzene rings is 1. The minimum absolute atomic E-state index is 0.0301. The molecule has 0 unspecified atom stereocenters. The first kappa shape index (κ1) is 24.3. The van der Waals surface area contributed by atoms with Crippen LogP contribution >= 0.6 is 0 Å². The number of nitrogens with two attached hydrogens (primary N) is 1. The number of fused-ring (bicyclic) bond motifs is 1. The number of aliphatic hydroxyl groups is 1. The van der Waals surface area contributed by atoms with E-state index >= 15 is 0 Å². The number of aliphatic hydroxyl groups excluding tert-OH is 1. The van der Waals surface area contributed by atoms with Crippen LogP contribution in [0.1, 0.15) is 57.4 Å². The van der Waals surface area contributed by atoms with Crippen LogP contribution in [-0.2, 0) is 4.79 Å².